The van der Waals surface area contributed by atoms with Gasteiger partial charge in [0.2, 0.25) is 0 Å². The lowest BCUT2D eigenvalue weighted by atomic mass is 10.1. The Kier molecular flexibility index (Phi) is 4.88. The summed E-state index contributed by atoms with van der Waals surface area (Å²) >= 11 is 0. The van der Waals surface area contributed by atoms with E-state index in [1.54, 1.807) is 29.0 Å². The van der Waals surface area contributed by atoms with Gasteiger partial charge in [-0.25, -0.2) is 4.68 Å². The molecule has 0 bridgehead atoms. The van der Waals surface area contributed by atoms with Gasteiger partial charge in [0.05, 0.1) is 18.3 Å². The largest absolute Gasteiger partial charge is 0.333 e. The third-order valence-corrected chi connectivity index (χ3v) is 4.43. The highest BCUT2D eigenvalue weighted by atomic mass is 16.2. The number of rotatable bonds is 5. The number of carbonyl (C=O) groups is 1. The number of hydrogen-bond donors (Lipinski definition) is 0. The first-order valence-corrected chi connectivity index (χ1v) is 8.19. The third kappa shape index (κ3) is 3.57. The Morgan fingerprint density at radius 2 is 1.96 bits per heavy atom. The van der Waals surface area contributed by atoms with E-state index in [1.807, 2.05) is 56.3 Å². The van der Waals surface area contributed by atoms with E-state index in [2.05, 4.69) is 15.3 Å². The van der Waals surface area contributed by atoms with Gasteiger partial charge in [-0.05, 0) is 31.0 Å². The molecule has 0 saturated heterocycles. The Morgan fingerprint density at radius 1 is 1.20 bits per heavy atom. The average molecular weight is 335 g/mol. The number of carbonyl (C=O) groups excluding carboxylic acids is 1. The summed E-state index contributed by atoms with van der Waals surface area (Å²) < 4.78 is 1.76. The maximum Gasteiger partial charge on any atom is 0.276 e. The molecule has 0 spiro atoms. The van der Waals surface area contributed by atoms with Crippen molar-refractivity contribution in [2.24, 2.45) is 0 Å². The number of aromatic nitrogens is 4. The predicted octanol–water partition coefficient (Wildman–Crippen LogP) is 2.86. The van der Waals surface area contributed by atoms with E-state index in [9.17, 15) is 4.79 Å². The number of hydrogen-bond acceptors (Lipinski definition) is 4. The van der Waals surface area contributed by atoms with Crippen LogP contribution in [0.2, 0.25) is 0 Å². The van der Waals surface area contributed by atoms with Gasteiger partial charge in [0, 0.05) is 19.4 Å². The van der Waals surface area contributed by atoms with E-state index in [0.717, 1.165) is 16.8 Å². The minimum Gasteiger partial charge on any atom is -0.333 e. The van der Waals surface area contributed by atoms with Crippen molar-refractivity contribution in [3.05, 3.63) is 77.4 Å². The minimum absolute atomic E-state index is 0.0973. The van der Waals surface area contributed by atoms with Gasteiger partial charge >= 0.3 is 0 Å². The average Bonchev–Trinajstić information content (AvgIpc) is 3.02. The minimum atomic E-state index is -0.145. The van der Waals surface area contributed by atoms with Crippen LogP contribution in [0, 0.1) is 6.92 Å². The summed E-state index contributed by atoms with van der Waals surface area (Å²) in [6.45, 7) is 4.44. The molecule has 1 amide bonds. The standard InChI is InChI=1S/C19H21N5O/c1-14(17-10-7-11-20-12-17)23(3)19(25)18-15(2)24(22-21-18)13-16-8-5-4-6-9-16/h4-12,14H,13H2,1-3H3/t14-/m0/s1. The van der Waals surface area contributed by atoms with Gasteiger partial charge < -0.3 is 4.90 Å². The van der Waals surface area contributed by atoms with Crippen LogP contribution in [0.15, 0.2) is 54.9 Å². The molecule has 3 aromatic rings. The molecule has 128 valence electrons. The number of nitrogens with zero attached hydrogens (tertiary/aromatic N) is 5. The van der Waals surface area contributed by atoms with E-state index in [4.69, 9.17) is 0 Å². The van der Waals surface area contributed by atoms with Crippen molar-refractivity contribution >= 4 is 5.91 Å². The van der Waals surface area contributed by atoms with E-state index < -0.39 is 0 Å². The maximum atomic E-state index is 12.8. The fourth-order valence-corrected chi connectivity index (χ4v) is 2.65. The van der Waals surface area contributed by atoms with Gasteiger partial charge in [-0.3, -0.25) is 9.78 Å². The molecule has 0 saturated carbocycles. The number of pyridine rings is 1. The van der Waals surface area contributed by atoms with Crippen molar-refractivity contribution in [2.75, 3.05) is 7.05 Å². The van der Waals surface area contributed by atoms with Crippen LogP contribution >= 0.6 is 0 Å². The Morgan fingerprint density at radius 3 is 2.64 bits per heavy atom. The quantitative estimate of drug-likeness (QED) is 0.719. The Hall–Kier alpha value is -3.02. The van der Waals surface area contributed by atoms with Gasteiger partial charge in [-0.2, -0.15) is 0 Å². The first-order chi connectivity index (χ1) is 12.1. The highest BCUT2D eigenvalue weighted by Crippen LogP contribution is 2.20. The van der Waals surface area contributed by atoms with Crippen molar-refractivity contribution < 1.29 is 4.79 Å². The molecule has 3 rings (SSSR count). The summed E-state index contributed by atoms with van der Waals surface area (Å²) in [7, 11) is 1.77. The molecule has 0 N–H and O–H groups in total. The smallest absolute Gasteiger partial charge is 0.276 e. The number of amides is 1. The molecular weight excluding hydrogens is 314 g/mol. The SMILES string of the molecule is Cc1c(C(=O)N(C)[C@@H](C)c2cccnc2)nnn1Cc1ccccc1. The van der Waals surface area contributed by atoms with E-state index in [0.29, 0.717) is 12.2 Å². The van der Waals surface area contributed by atoms with Crippen LogP contribution in [0.25, 0.3) is 0 Å². The molecule has 6 heteroatoms. The second kappa shape index (κ2) is 7.25. The molecule has 0 unspecified atom stereocenters. The predicted molar refractivity (Wildman–Crippen MR) is 95.0 cm³/mol. The van der Waals surface area contributed by atoms with Crippen LogP contribution in [-0.4, -0.2) is 37.8 Å². The van der Waals surface area contributed by atoms with Crippen molar-refractivity contribution in [1.29, 1.82) is 0 Å². The fraction of sp³-hybridized carbons (Fsp3) is 0.263. The highest BCUT2D eigenvalue weighted by molar-refractivity contribution is 5.93. The lowest BCUT2D eigenvalue weighted by Gasteiger charge is -2.24. The normalized spacial score (nSPS) is 12.0. The molecule has 1 atom stereocenters. The molecule has 25 heavy (non-hydrogen) atoms. The summed E-state index contributed by atoms with van der Waals surface area (Å²) in [6.07, 6.45) is 3.49. The second-order valence-corrected chi connectivity index (χ2v) is 6.05. The topological polar surface area (TPSA) is 63.9 Å². The van der Waals surface area contributed by atoms with Crippen LogP contribution in [0.3, 0.4) is 0 Å². The van der Waals surface area contributed by atoms with Crippen LogP contribution in [-0.2, 0) is 6.54 Å². The van der Waals surface area contributed by atoms with Gasteiger partial charge in [-0.1, -0.05) is 41.6 Å². The van der Waals surface area contributed by atoms with Gasteiger partial charge in [-0.15, -0.1) is 5.10 Å². The van der Waals surface area contributed by atoms with Crippen molar-refractivity contribution in [3.63, 3.8) is 0 Å². The third-order valence-electron chi connectivity index (χ3n) is 4.43. The van der Waals surface area contributed by atoms with E-state index in [-0.39, 0.29) is 11.9 Å². The lowest BCUT2D eigenvalue weighted by molar-refractivity contribution is 0.0735. The molecular formula is C19H21N5O. The summed E-state index contributed by atoms with van der Waals surface area (Å²) in [5.41, 5.74) is 3.24. The molecule has 2 aromatic heterocycles. The van der Waals surface area contributed by atoms with Gasteiger partial charge in [0.15, 0.2) is 5.69 Å². The Balaban J connectivity index is 1.78. The summed E-state index contributed by atoms with van der Waals surface area (Å²) in [5.74, 6) is -0.145. The number of benzene rings is 1. The molecule has 0 aliphatic heterocycles. The molecule has 1 aromatic carbocycles. The Bertz CT molecular complexity index is 845. The first-order valence-electron chi connectivity index (χ1n) is 8.19. The van der Waals surface area contributed by atoms with Gasteiger partial charge in [0.1, 0.15) is 0 Å². The van der Waals surface area contributed by atoms with E-state index in [1.165, 1.54) is 0 Å². The van der Waals surface area contributed by atoms with Crippen LogP contribution in [0.1, 0.15) is 40.3 Å². The summed E-state index contributed by atoms with van der Waals surface area (Å²) in [5, 5.41) is 8.27. The zero-order valence-corrected chi connectivity index (χ0v) is 14.6. The lowest BCUT2D eigenvalue weighted by Crippen LogP contribution is -2.30. The second-order valence-electron chi connectivity index (χ2n) is 6.05. The highest BCUT2D eigenvalue weighted by Gasteiger charge is 2.24. The zero-order chi connectivity index (χ0) is 17.8. The van der Waals surface area contributed by atoms with Crippen LogP contribution < -0.4 is 0 Å². The molecule has 2 heterocycles. The molecule has 0 aliphatic rings. The van der Waals surface area contributed by atoms with Gasteiger partial charge in [0.25, 0.3) is 5.91 Å². The van der Waals surface area contributed by atoms with Crippen molar-refractivity contribution in [2.45, 2.75) is 26.4 Å². The summed E-state index contributed by atoms with van der Waals surface area (Å²) in [4.78, 5) is 18.6. The van der Waals surface area contributed by atoms with Crippen molar-refractivity contribution in [1.82, 2.24) is 24.9 Å². The van der Waals surface area contributed by atoms with Crippen molar-refractivity contribution in [3.8, 4) is 0 Å². The first kappa shape index (κ1) is 16.8. The maximum absolute atomic E-state index is 12.8. The summed E-state index contributed by atoms with van der Waals surface area (Å²) in [6, 6.07) is 13.7. The van der Waals surface area contributed by atoms with Crippen LogP contribution in [0.4, 0.5) is 0 Å². The fourth-order valence-electron chi connectivity index (χ4n) is 2.65. The molecule has 0 fully saturated rings. The molecule has 6 nitrogen and oxygen atoms in total. The van der Waals surface area contributed by atoms with E-state index >= 15 is 0 Å². The molecule has 0 radical (unpaired) electrons. The zero-order valence-electron chi connectivity index (χ0n) is 14.6. The molecule has 0 aliphatic carbocycles. The monoisotopic (exact) mass is 335 g/mol. The van der Waals surface area contributed by atoms with Crippen LogP contribution in [0.5, 0.6) is 0 Å². The Labute approximate surface area is 147 Å².